The van der Waals surface area contributed by atoms with Gasteiger partial charge in [0.25, 0.3) is 0 Å². The third-order valence-electron chi connectivity index (χ3n) is 14.8. The summed E-state index contributed by atoms with van der Waals surface area (Å²) in [5.74, 6) is -0.275. The Kier molecular flexibility index (Phi) is 56.9. The van der Waals surface area contributed by atoms with Gasteiger partial charge in [0, 0.05) is 0 Å². The molecule has 0 saturated carbocycles. The predicted molar refractivity (Wildman–Crippen MR) is 296 cm³/mol. The SMILES string of the molecule is CCCCCCCCCCCCCCCC/C=C\CCCCCCCCCCCCCCCCCC(O)CC(=O)NC(CO)C(O)CCCCCCCCCCCCCCCCCCCCC. The molecule has 5 heteroatoms. The maximum atomic E-state index is 12.6. The van der Waals surface area contributed by atoms with Gasteiger partial charge in [-0.15, -0.1) is 0 Å². The predicted octanol–water partition coefficient (Wildman–Crippen LogP) is 19.5. The van der Waals surface area contributed by atoms with E-state index in [1.807, 2.05) is 0 Å². The Balaban J connectivity index is 3.46. The van der Waals surface area contributed by atoms with Gasteiger partial charge in [0.1, 0.15) is 0 Å². The van der Waals surface area contributed by atoms with E-state index in [2.05, 4.69) is 31.3 Å². The van der Waals surface area contributed by atoms with E-state index < -0.39 is 18.2 Å². The fourth-order valence-electron chi connectivity index (χ4n) is 10.1. The van der Waals surface area contributed by atoms with E-state index in [1.165, 1.54) is 295 Å². The highest BCUT2D eigenvalue weighted by Crippen LogP contribution is 2.19. The number of nitrogens with one attached hydrogen (secondary N) is 1. The van der Waals surface area contributed by atoms with Gasteiger partial charge in [-0.3, -0.25) is 4.79 Å². The molecule has 0 spiro atoms. The normalized spacial score (nSPS) is 13.2. The lowest BCUT2D eigenvalue weighted by Gasteiger charge is -2.23. The quantitative estimate of drug-likeness (QED) is 0.0361. The molecular weight excluding hydrogens is 823 g/mol. The summed E-state index contributed by atoms with van der Waals surface area (Å²) in [6.07, 6.45) is 72.5. The third kappa shape index (κ3) is 54.3. The van der Waals surface area contributed by atoms with Crippen molar-refractivity contribution in [3.63, 3.8) is 0 Å². The smallest absolute Gasteiger partial charge is 0.222 e. The molecule has 0 aliphatic rings. The van der Waals surface area contributed by atoms with Crippen LogP contribution in [0.15, 0.2) is 12.2 Å². The summed E-state index contributed by atoms with van der Waals surface area (Å²) in [7, 11) is 0. The number of rotatable bonds is 58. The van der Waals surface area contributed by atoms with Crippen LogP contribution >= 0.6 is 0 Å². The van der Waals surface area contributed by atoms with Gasteiger partial charge in [-0.2, -0.15) is 0 Å². The highest BCUT2D eigenvalue weighted by Gasteiger charge is 2.21. The van der Waals surface area contributed by atoms with Gasteiger partial charge in [-0.1, -0.05) is 321 Å². The zero-order chi connectivity index (χ0) is 48.6. The van der Waals surface area contributed by atoms with Gasteiger partial charge in [0.05, 0.1) is 31.3 Å². The standard InChI is InChI=1S/C62H123NO4/c1-3-5-7-9-11-13-15-17-19-21-23-24-25-26-27-28-29-30-31-32-33-34-35-36-38-39-41-43-45-47-49-51-53-55-59(65)57-62(67)63-60(58-64)61(66)56-54-52-50-48-46-44-42-40-37-22-20-18-16-14-12-10-8-6-4-2/h28-29,59-61,64-66H,3-27,30-58H2,1-2H3,(H,63,67)/b29-28-. The Morgan fingerprint density at radius 3 is 0.866 bits per heavy atom. The first kappa shape index (κ1) is 66.1. The number of carbonyl (C=O) groups is 1. The van der Waals surface area contributed by atoms with E-state index >= 15 is 0 Å². The van der Waals surface area contributed by atoms with Gasteiger partial charge in [-0.25, -0.2) is 0 Å². The van der Waals surface area contributed by atoms with Crippen molar-refractivity contribution in [2.45, 2.75) is 372 Å². The van der Waals surface area contributed by atoms with E-state index in [-0.39, 0.29) is 18.9 Å². The highest BCUT2D eigenvalue weighted by molar-refractivity contribution is 5.76. The molecular formula is C62H123NO4. The molecule has 0 bridgehead atoms. The van der Waals surface area contributed by atoms with Gasteiger partial charge >= 0.3 is 0 Å². The van der Waals surface area contributed by atoms with Crippen molar-refractivity contribution in [2.24, 2.45) is 0 Å². The van der Waals surface area contributed by atoms with Crippen LogP contribution in [0.4, 0.5) is 0 Å². The Morgan fingerprint density at radius 2 is 0.597 bits per heavy atom. The first-order valence-electron chi connectivity index (χ1n) is 31.0. The fraction of sp³-hybridized carbons (Fsp3) is 0.952. The molecule has 3 atom stereocenters. The summed E-state index contributed by atoms with van der Waals surface area (Å²) in [6.45, 7) is 4.31. The van der Waals surface area contributed by atoms with Crippen molar-refractivity contribution in [3.8, 4) is 0 Å². The molecule has 400 valence electrons. The molecule has 1 amide bonds. The van der Waals surface area contributed by atoms with Gasteiger partial charge < -0.3 is 20.6 Å². The lowest BCUT2D eigenvalue weighted by molar-refractivity contribution is -0.125. The molecule has 0 aromatic heterocycles. The number of unbranched alkanes of at least 4 members (excludes halogenated alkanes) is 47. The van der Waals surface area contributed by atoms with Crippen LogP contribution in [0.1, 0.15) is 354 Å². The Bertz CT molecular complexity index is 956. The summed E-state index contributed by atoms with van der Waals surface area (Å²) < 4.78 is 0. The molecule has 0 rings (SSSR count). The first-order chi connectivity index (χ1) is 33.0. The number of hydrogen-bond acceptors (Lipinski definition) is 4. The van der Waals surface area contributed by atoms with E-state index in [9.17, 15) is 20.1 Å². The summed E-state index contributed by atoms with van der Waals surface area (Å²) in [6, 6.07) is -0.656. The van der Waals surface area contributed by atoms with E-state index in [4.69, 9.17) is 0 Å². The summed E-state index contributed by atoms with van der Waals surface area (Å²) in [5, 5.41) is 33.7. The van der Waals surface area contributed by atoms with Crippen molar-refractivity contribution < 1.29 is 20.1 Å². The summed E-state index contributed by atoms with van der Waals surface area (Å²) in [5.41, 5.74) is 0. The Morgan fingerprint density at radius 1 is 0.358 bits per heavy atom. The minimum absolute atomic E-state index is 0.0414. The topological polar surface area (TPSA) is 89.8 Å². The molecule has 0 aliphatic heterocycles. The molecule has 0 aromatic rings. The minimum atomic E-state index is -0.747. The molecule has 0 aliphatic carbocycles. The van der Waals surface area contributed by atoms with Crippen LogP contribution in [0.3, 0.4) is 0 Å². The molecule has 0 radical (unpaired) electrons. The van der Waals surface area contributed by atoms with Gasteiger partial charge in [0.2, 0.25) is 5.91 Å². The summed E-state index contributed by atoms with van der Waals surface area (Å²) >= 11 is 0. The second kappa shape index (κ2) is 57.7. The lowest BCUT2D eigenvalue weighted by atomic mass is 10.0. The average Bonchev–Trinajstić information content (AvgIpc) is 3.32. The van der Waals surface area contributed by atoms with Crippen molar-refractivity contribution in [1.29, 1.82) is 0 Å². The molecule has 3 unspecified atom stereocenters. The monoisotopic (exact) mass is 946 g/mol. The average molecular weight is 947 g/mol. The highest BCUT2D eigenvalue weighted by atomic mass is 16.3. The zero-order valence-electron chi connectivity index (χ0n) is 45.8. The van der Waals surface area contributed by atoms with Crippen molar-refractivity contribution >= 4 is 5.91 Å². The van der Waals surface area contributed by atoms with E-state index in [1.54, 1.807) is 0 Å². The second-order valence-electron chi connectivity index (χ2n) is 21.7. The number of hydrogen-bond donors (Lipinski definition) is 4. The lowest BCUT2D eigenvalue weighted by Crippen LogP contribution is -2.46. The van der Waals surface area contributed by atoms with Crippen LogP contribution in [0.5, 0.6) is 0 Å². The largest absolute Gasteiger partial charge is 0.394 e. The fourth-order valence-corrected chi connectivity index (χ4v) is 10.1. The Hall–Kier alpha value is -0.910. The van der Waals surface area contributed by atoms with Crippen molar-refractivity contribution in [2.75, 3.05) is 6.61 Å². The molecule has 0 heterocycles. The van der Waals surface area contributed by atoms with Crippen LogP contribution in [0.2, 0.25) is 0 Å². The number of amides is 1. The number of allylic oxidation sites excluding steroid dienone is 2. The number of carbonyl (C=O) groups excluding carboxylic acids is 1. The van der Waals surface area contributed by atoms with Gasteiger partial charge in [-0.05, 0) is 38.5 Å². The molecule has 4 N–H and O–H groups in total. The molecule has 67 heavy (non-hydrogen) atoms. The van der Waals surface area contributed by atoms with Crippen LogP contribution in [-0.2, 0) is 4.79 Å². The molecule has 0 saturated heterocycles. The van der Waals surface area contributed by atoms with E-state index in [0.717, 1.165) is 25.7 Å². The van der Waals surface area contributed by atoms with Crippen molar-refractivity contribution in [3.05, 3.63) is 12.2 Å². The summed E-state index contributed by atoms with van der Waals surface area (Å²) in [4.78, 5) is 12.6. The van der Waals surface area contributed by atoms with Crippen LogP contribution in [0.25, 0.3) is 0 Å². The third-order valence-corrected chi connectivity index (χ3v) is 14.8. The maximum Gasteiger partial charge on any atom is 0.222 e. The number of aliphatic hydroxyl groups is 3. The number of aliphatic hydroxyl groups excluding tert-OH is 3. The first-order valence-corrected chi connectivity index (χ1v) is 31.0. The molecule has 0 fully saturated rings. The van der Waals surface area contributed by atoms with Gasteiger partial charge in [0.15, 0.2) is 0 Å². The van der Waals surface area contributed by atoms with Crippen LogP contribution < -0.4 is 5.32 Å². The molecule has 5 nitrogen and oxygen atoms in total. The van der Waals surface area contributed by atoms with Crippen LogP contribution in [-0.4, -0.2) is 46.1 Å². The Labute approximate surface area is 420 Å². The van der Waals surface area contributed by atoms with Crippen LogP contribution in [0, 0.1) is 0 Å². The maximum absolute atomic E-state index is 12.6. The zero-order valence-corrected chi connectivity index (χ0v) is 45.8. The molecule has 0 aromatic carbocycles. The van der Waals surface area contributed by atoms with E-state index in [0.29, 0.717) is 12.8 Å². The minimum Gasteiger partial charge on any atom is -0.394 e. The van der Waals surface area contributed by atoms with Crippen molar-refractivity contribution in [1.82, 2.24) is 5.32 Å². The second-order valence-corrected chi connectivity index (χ2v) is 21.7.